The molecule has 1 aromatic heterocycles. The van der Waals surface area contributed by atoms with Crippen molar-refractivity contribution < 1.29 is 10.0 Å². The Morgan fingerprint density at radius 1 is 1.10 bits per heavy atom. The highest BCUT2D eigenvalue weighted by molar-refractivity contribution is 5.74. The quantitative estimate of drug-likeness (QED) is 0.687. The molecule has 0 spiro atoms. The maximum atomic E-state index is 11.3. The maximum absolute atomic E-state index is 11.3. The number of nitrogens with zero attached hydrogens (tertiary/aromatic N) is 2. The monoisotopic (exact) mass is 272 g/mol. The fourth-order valence-corrected chi connectivity index (χ4v) is 2.30. The van der Waals surface area contributed by atoms with Gasteiger partial charge in [0.1, 0.15) is 0 Å². The number of hydrogen-bond donors (Lipinski definition) is 1. The van der Waals surface area contributed by atoms with E-state index in [0.717, 1.165) is 11.3 Å². The van der Waals surface area contributed by atoms with Crippen LogP contribution in [-0.2, 0) is 11.2 Å². The molecule has 1 aromatic carbocycles. The zero-order valence-electron chi connectivity index (χ0n) is 12.1. The average molecular weight is 272 g/mol. The van der Waals surface area contributed by atoms with E-state index in [2.05, 4.69) is 42.7 Å². The molecule has 0 aliphatic carbocycles. The number of carbonyl (C=O) groups excluding carboxylic acids is 1. The lowest BCUT2D eigenvalue weighted by atomic mass is 10.1. The van der Waals surface area contributed by atoms with E-state index in [4.69, 9.17) is 5.21 Å². The molecule has 0 aliphatic heterocycles. The summed E-state index contributed by atoms with van der Waals surface area (Å²) in [6, 6.07) is 12.4. The van der Waals surface area contributed by atoms with Crippen LogP contribution in [0.3, 0.4) is 0 Å². The van der Waals surface area contributed by atoms with E-state index in [9.17, 15) is 4.79 Å². The molecule has 0 saturated carbocycles. The highest BCUT2D eigenvalue weighted by Gasteiger charge is 2.07. The van der Waals surface area contributed by atoms with E-state index < -0.39 is 0 Å². The SMILES string of the molecule is Cc1ccc(C)n1-c1ccc(CCC(=O)N(C)O)cc1. The lowest BCUT2D eigenvalue weighted by Gasteiger charge is -2.11. The van der Waals surface area contributed by atoms with Crippen molar-refractivity contribution in [1.29, 1.82) is 0 Å². The zero-order chi connectivity index (χ0) is 14.7. The van der Waals surface area contributed by atoms with Crippen LogP contribution in [0.5, 0.6) is 0 Å². The van der Waals surface area contributed by atoms with Crippen molar-refractivity contribution in [2.45, 2.75) is 26.7 Å². The van der Waals surface area contributed by atoms with Crippen LogP contribution in [0, 0.1) is 13.8 Å². The van der Waals surface area contributed by atoms with Gasteiger partial charge < -0.3 is 4.57 Å². The summed E-state index contributed by atoms with van der Waals surface area (Å²) in [6.45, 7) is 4.16. The van der Waals surface area contributed by atoms with Gasteiger partial charge in [-0.3, -0.25) is 10.0 Å². The number of aromatic nitrogens is 1. The highest BCUT2D eigenvalue weighted by Crippen LogP contribution is 2.17. The molecular formula is C16H20N2O2. The van der Waals surface area contributed by atoms with Gasteiger partial charge in [0.2, 0.25) is 5.91 Å². The van der Waals surface area contributed by atoms with E-state index in [1.807, 2.05) is 12.1 Å². The smallest absolute Gasteiger partial charge is 0.245 e. The lowest BCUT2D eigenvalue weighted by Crippen LogP contribution is -2.22. The van der Waals surface area contributed by atoms with E-state index in [1.54, 1.807) is 0 Å². The van der Waals surface area contributed by atoms with Gasteiger partial charge in [0.15, 0.2) is 0 Å². The van der Waals surface area contributed by atoms with Crippen LogP contribution < -0.4 is 0 Å². The first kappa shape index (κ1) is 14.3. The molecule has 0 fully saturated rings. The number of carbonyl (C=O) groups is 1. The highest BCUT2D eigenvalue weighted by atomic mass is 16.5. The van der Waals surface area contributed by atoms with Crippen molar-refractivity contribution in [2.75, 3.05) is 7.05 Å². The van der Waals surface area contributed by atoms with Crippen molar-refractivity contribution in [1.82, 2.24) is 9.63 Å². The first-order valence-corrected chi connectivity index (χ1v) is 6.68. The summed E-state index contributed by atoms with van der Waals surface area (Å²) in [4.78, 5) is 11.3. The van der Waals surface area contributed by atoms with E-state index in [0.29, 0.717) is 17.9 Å². The molecule has 4 nitrogen and oxygen atoms in total. The summed E-state index contributed by atoms with van der Waals surface area (Å²) >= 11 is 0. The summed E-state index contributed by atoms with van der Waals surface area (Å²) in [7, 11) is 1.35. The van der Waals surface area contributed by atoms with E-state index >= 15 is 0 Å². The van der Waals surface area contributed by atoms with Gasteiger partial charge in [-0.15, -0.1) is 0 Å². The lowest BCUT2D eigenvalue weighted by molar-refractivity contribution is -0.159. The largest absolute Gasteiger partial charge is 0.319 e. The molecule has 106 valence electrons. The topological polar surface area (TPSA) is 45.5 Å². The number of hydroxylamine groups is 2. The minimum Gasteiger partial charge on any atom is -0.319 e. The normalized spacial score (nSPS) is 10.6. The average Bonchev–Trinajstić information content (AvgIpc) is 2.76. The third-order valence-corrected chi connectivity index (χ3v) is 3.45. The number of aryl methyl sites for hydroxylation is 3. The maximum Gasteiger partial charge on any atom is 0.245 e. The minimum atomic E-state index is -0.272. The van der Waals surface area contributed by atoms with Crippen LogP contribution in [0.15, 0.2) is 36.4 Å². The van der Waals surface area contributed by atoms with Crippen LogP contribution in [0.2, 0.25) is 0 Å². The summed E-state index contributed by atoms with van der Waals surface area (Å²) in [5.74, 6) is -0.272. The van der Waals surface area contributed by atoms with Gasteiger partial charge in [0, 0.05) is 30.5 Å². The Hall–Kier alpha value is -2.07. The predicted molar refractivity (Wildman–Crippen MR) is 78.1 cm³/mol. The second kappa shape index (κ2) is 5.92. The third kappa shape index (κ3) is 3.08. The Labute approximate surface area is 119 Å². The van der Waals surface area contributed by atoms with Gasteiger partial charge >= 0.3 is 0 Å². The molecule has 0 aliphatic rings. The van der Waals surface area contributed by atoms with E-state index in [1.165, 1.54) is 18.4 Å². The van der Waals surface area contributed by atoms with Crippen LogP contribution in [0.25, 0.3) is 5.69 Å². The van der Waals surface area contributed by atoms with Crippen LogP contribution in [0.1, 0.15) is 23.4 Å². The molecule has 20 heavy (non-hydrogen) atoms. The van der Waals surface area contributed by atoms with Crippen molar-refractivity contribution in [2.24, 2.45) is 0 Å². The summed E-state index contributed by atoms with van der Waals surface area (Å²) in [5.41, 5.74) is 4.62. The fourth-order valence-electron chi connectivity index (χ4n) is 2.30. The van der Waals surface area contributed by atoms with Gasteiger partial charge in [-0.25, -0.2) is 5.06 Å². The van der Waals surface area contributed by atoms with Crippen LogP contribution in [-0.4, -0.2) is 27.8 Å². The molecule has 1 N–H and O–H groups in total. The predicted octanol–water partition coefficient (Wildman–Crippen LogP) is 2.87. The second-order valence-corrected chi connectivity index (χ2v) is 5.04. The van der Waals surface area contributed by atoms with Gasteiger partial charge in [0.25, 0.3) is 0 Å². The molecule has 1 amide bonds. The first-order chi connectivity index (χ1) is 9.49. The van der Waals surface area contributed by atoms with Crippen molar-refractivity contribution >= 4 is 5.91 Å². The van der Waals surface area contributed by atoms with Crippen LogP contribution in [0.4, 0.5) is 0 Å². The molecule has 0 bridgehead atoms. The molecule has 0 unspecified atom stereocenters. The summed E-state index contributed by atoms with van der Waals surface area (Å²) in [5, 5.41) is 9.65. The Balaban J connectivity index is 2.09. The Morgan fingerprint density at radius 3 is 2.15 bits per heavy atom. The summed E-state index contributed by atoms with van der Waals surface area (Å²) in [6.07, 6.45) is 0.946. The third-order valence-electron chi connectivity index (χ3n) is 3.45. The molecule has 4 heteroatoms. The molecule has 2 aromatic rings. The standard InChI is InChI=1S/C16H20N2O2/c1-12-4-5-13(2)18(12)15-9-6-14(7-10-15)8-11-16(19)17(3)20/h4-7,9-10,20H,8,11H2,1-3H3. The van der Waals surface area contributed by atoms with Crippen molar-refractivity contribution in [3.8, 4) is 5.69 Å². The molecule has 0 saturated heterocycles. The number of hydrogen-bond acceptors (Lipinski definition) is 2. The molecular weight excluding hydrogens is 252 g/mol. The summed E-state index contributed by atoms with van der Waals surface area (Å²) < 4.78 is 2.19. The van der Waals surface area contributed by atoms with Gasteiger partial charge in [-0.05, 0) is 50.1 Å². The van der Waals surface area contributed by atoms with Gasteiger partial charge in [-0.2, -0.15) is 0 Å². The number of amides is 1. The Kier molecular flexibility index (Phi) is 4.25. The Morgan fingerprint density at radius 2 is 1.65 bits per heavy atom. The van der Waals surface area contributed by atoms with E-state index in [-0.39, 0.29) is 5.91 Å². The number of benzene rings is 1. The zero-order valence-corrected chi connectivity index (χ0v) is 12.1. The van der Waals surface area contributed by atoms with Gasteiger partial charge in [0.05, 0.1) is 0 Å². The second-order valence-electron chi connectivity index (χ2n) is 5.04. The van der Waals surface area contributed by atoms with Crippen molar-refractivity contribution in [3.05, 3.63) is 53.3 Å². The molecule has 0 radical (unpaired) electrons. The van der Waals surface area contributed by atoms with Crippen LogP contribution >= 0.6 is 0 Å². The first-order valence-electron chi connectivity index (χ1n) is 6.68. The van der Waals surface area contributed by atoms with Gasteiger partial charge in [-0.1, -0.05) is 12.1 Å². The van der Waals surface area contributed by atoms with Crippen molar-refractivity contribution in [3.63, 3.8) is 0 Å². The molecule has 1 heterocycles. The minimum absolute atomic E-state index is 0.272. The molecule has 0 atom stereocenters. The molecule has 2 rings (SSSR count). The Bertz CT molecular complexity index is 578. The fraction of sp³-hybridized carbons (Fsp3) is 0.312. The number of rotatable bonds is 4.